The molecule has 0 amide bonds. The summed E-state index contributed by atoms with van der Waals surface area (Å²) in [6.07, 6.45) is 1.09. The van der Waals surface area contributed by atoms with Crippen LogP contribution in [0.4, 0.5) is 11.8 Å². The zero-order valence-corrected chi connectivity index (χ0v) is 23.4. The van der Waals surface area contributed by atoms with E-state index in [1.54, 1.807) is 0 Å². The highest BCUT2D eigenvalue weighted by atomic mass is 35.5. The number of nitrogens with one attached hydrogen (secondary N) is 1. The van der Waals surface area contributed by atoms with Gasteiger partial charge in [-0.1, -0.05) is 35.0 Å². The summed E-state index contributed by atoms with van der Waals surface area (Å²) in [4.78, 5) is 17.2. The van der Waals surface area contributed by atoms with Crippen LogP contribution in [0.15, 0.2) is 47.0 Å². The molecule has 1 fully saturated rings. The van der Waals surface area contributed by atoms with Crippen molar-refractivity contribution in [3.8, 4) is 11.1 Å². The molecule has 0 aliphatic carbocycles. The number of anilines is 2. The average Bonchev–Trinajstić information content (AvgIpc) is 3.08. The molecule has 1 aliphatic heterocycles. The maximum Gasteiger partial charge on any atom is 0.227 e. The second kappa shape index (κ2) is 11.7. The zero-order valence-electron chi connectivity index (χ0n) is 22.7. The van der Waals surface area contributed by atoms with Crippen LogP contribution in [0.3, 0.4) is 0 Å². The normalized spacial score (nSPS) is 14.8. The van der Waals surface area contributed by atoms with Crippen molar-refractivity contribution < 1.29 is 4.52 Å². The summed E-state index contributed by atoms with van der Waals surface area (Å²) >= 11 is 6.24. The predicted molar refractivity (Wildman–Crippen MR) is 155 cm³/mol. The van der Waals surface area contributed by atoms with Crippen molar-refractivity contribution >= 4 is 34.3 Å². The molecule has 1 aliphatic rings. The van der Waals surface area contributed by atoms with E-state index in [4.69, 9.17) is 26.1 Å². The van der Waals surface area contributed by atoms with Crippen molar-refractivity contribution in [3.05, 3.63) is 64.5 Å². The summed E-state index contributed by atoms with van der Waals surface area (Å²) < 4.78 is 5.44. The van der Waals surface area contributed by atoms with Gasteiger partial charge in [0.05, 0.1) is 11.2 Å². The molecular formula is C29H36ClN7O. The molecule has 9 heteroatoms. The second-order valence-corrected chi connectivity index (χ2v) is 10.7. The lowest BCUT2D eigenvalue weighted by Crippen LogP contribution is -2.35. The highest BCUT2D eigenvalue weighted by Crippen LogP contribution is 2.32. The maximum absolute atomic E-state index is 6.24. The van der Waals surface area contributed by atoms with Crippen molar-refractivity contribution in [2.75, 3.05) is 63.6 Å². The topological polar surface area (TPSA) is 73.6 Å². The molecule has 200 valence electrons. The fraction of sp³-hybridized carbons (Fsp3) is 0.414. The average molecular weight is 534 g/mol. The van der Waals surface area contributed by atoms with Gasteiger partial charge in [0.15, 0.2) is 0 Å². The van der Waals surface area contributed by atoms with Crippen molar-refractivity contribution in [3.63, 3.8) is 0 Å². The van der Waals surface area contributed by atoms with Gasteiger partial charge >= 0.3 is 0 Å². The number of nitrogens with zero attached hydrogens (tertiary/aromatic N) is 6. The molecule has 5 rings (SSSR count). The van der Waals surface area contributed by atoms with Crippen LogP contribution >= 0.6 is 11.6 Å². The van der Waals surface area contributed by atoms with E-state index in [9.17, 15) is 0 Å². The van der Waals surface area contributed by atoms with Gasteiger partial charge in [-0.05, 0) is 76.3 Å². The van der Waals surface area contributed by atoms with Crippen LogP contribution in [0, 0.1) is 13.8 Å². The molecular weight excluding hydrogens is 498 g/mol. The Morgan fingerprint density at radius 1 is 1.03 bits per heavy atom. The molecule has 0 saturated carbocycles. The highest BCUT2D eigenvalue weighted by molar-refractivity contribution is 6.30. The Hall–Kier alpha value is -3.20. The van der Waals surface area contributed by atoms with Crippen LogP contribution in [0.2, 0.25) is 5.02 Å². The van der Waals surface area contributed by atoms with Crippen LogP contribution in [-0.4, -0.2) is 78.3 Å². The van der Waals surface area contributed by atoms with Gasteiger partial charge in [0.1, 0.15) is 11.6 Å². The SMILES string of the molecule is Cc1noc(C)c1-c1ccc2nc(N3CCCN(CCN(C)C)CC3)nc(NCc3cccc(Cl)c3)c2c1. The third-order valence-electron chi connectivity index (χ3n) is 7.09. The smallest absolute Gasteiger partial charge is 0.227 e. The third kappa shape index (κ3) is 6.09. The van der Waals surface area contributed by atoms with Crippen LogP contribution in [0.25, 0.3) is 22.0 Å². The van der Waals surface area contributed by atoms with E-state index in [-0.39, 0.29) is 0 Å². The van der Waals surface area contributed by atoms with E-state index < -0.39 is 0 Å². The Labute approximate surface area is 229 Å². The van der Waals surface area contributed by atoms with Crippen molar-refractivity contribution in [1.29, 1.82) is 0 Å². The monoisotopic (exact) mass is 533 g/mol. The van der Waals surface area contributed by atoms with E-state index in [0.29, 0.717) is 6.54 Å². The Bertz CT molecular complexity index is 1380. The fourth-order valence-electron chi connectivity index (χ4n) is 5.01. The number of hydrogen-bond donors (Lipinski definition) is 1. The minimum absolute atomic E-state index is 0.611. The van der Waals surface area contributed by atoms with Crippen LogP contribution in [-0.2, 0) is 6.54 Å². The van der Waals surface area contributed by atoms with E-state index >= 15 is 0 Å². The molecule has 1 saturated heterocycles. The summed E-state index contributed by atoms with van der Waals surface area (Å²) in [6.45, 7) is 10.6. The van der Waals surface area contributed by atoms with Gasteiger partial charge in [0.25, 0.3) is 0 Å². The predicted octanol–water partition coefficient (Wildman–Crippen LogP) is 5.24. The number of fused-ring (bicyclic) bond motifs is 1. The van der Waals surface area contributed by atoms with Crippen molar-refractivity contribution in [2.45, 2.75) is 26.8 Å². The summed E-state index contributed by atoms with van der Waals surface area (Å²) in [5, 5.41) is 9.41. The van der Waals surface area contributed by atoms with Gasteiger partial charge in [0, 0.05) is 55.2 Å². The first-order valence-electron chi connectivity index (χ1n) is 13.2. The van der Waals surface area contributed by atoms with Crippen LogP contribution in [0.5, 0.6) is 0 Å². The summed E-state index contributed by atoms with van der Waals surface area (Å²) in [5.74, 6) is 2.38. The lowest BCUT2D eigenvalue weighted by atomic mass is 10.0. The Morgan fingerprint density at radius 3 is 2.66 bits per heavy atom. The lowest BCUT2D eigenvalue weighted by molar-refractivity contribution is 0.254. The second-order valence-electron chi connectivity index (χ2n) is 10.3. The largest absolute Gasteiger partial charge is 0.365 e. The first-order valence-corrected chi connectivity index (χ1v) is 13.6. The number of halogens is 1. The van der Waals surface area contributed by atoms with Gasteiger partial charge in [-0.2, -0.15) is 4.98 Å². The van der Waals surface area contributed by atoms with E-state index in [1.165, 1.54) is 0 Å². The van der Waals surface area contributed by atoms with Gasteiger partial charge in [-0.25, -0.2) is 4.98 Å². The summed E-state index contributed by atoms with van der Waals surface area (Å²) in [5.41, 5.74) is 4.94. The number of hydrogen-bond acceptors (Lipinski definition) is 8. The highest BCUT2D eigenvalue weighted by Gasteiger charge is 2.20. The number of rotatable bonds is 8. The number of benzene rings is 2. The summed E-state index contributed by atoms with van der Waals surface area (Å²) in [7, 11) is 4.25. The van der Waals surface area contributed by atoms with Gasteiger partial charge in [0.2, 0.25) is 5.95 Å². The Morgan fingerprint density at radius 2 is 1.89 bits per heavy atom. The minimum Gasteiger partial charge on any atom is -0.365 e. The quantitative estimate of drug-likeness (QED) is 0.329. The van der Waals surface area contributed by atoms with Crippen molar-refractivity contribution in [1.82, 2.24) is 24.9 Å². The van der Waals surface area contributed by atoms with E-state index in [2.05, 4.69) is 63.5 Å². The number of aryl methyl sites for hydroxylation is 2. The van der Waals surface area contributed by atoms with E-state index in [1.807, 2.05) is 32.0 Å². The van der Waals surface area contributed by atoms with Crippen molar-refractivity contribution in [2.24, 2.45) is 0 Å². The van der Waals surface area contributed by atoms with Crippen LogP contribution in [0.1, 0.15) is 23.4 Å². The standard InChI is InChI=1S/C29H36ClN7O/c1-20-27(21(2)38-34-20)23-9-10-26-25(18-23)28(31-19-22-7-5-8-24(30)17-22)33-29(32-26)37-12-6-11-36(15-16-37)14-13-35(3)4/h5,7-10,17-18H,6,11-16,19H2,1-4H3,(H,31,32,33). The third-order valence-corrected chi connectivity index (χ3v) is 7.32. The molecule has 38 heavy (non-hydrogen) atoms. The molecule has 4 aromatic rings. The van der Waals surface area contributed by atoms with Gasteiger partial charge in [-0.3, -0.25) is 0 Å². The molecule has 2 aromatic heterocycles. The number of aromatic nitrogens is 3. The van der Waals surface area contributed by atoms with Gasteiger partial charge in [-0.15, -0.1) is 0 Å². The first kappa shape index (κ1) is 26.4. The molecule has 3 heterocycles. The molecule has 1 N–H and O–H groups in total. The van der Waals surface area contributed by atoms with Gasteiger partial charge < -0.3 is 24.5 Å². The number of likely N-dealkylation sites (N-methyl/N-ethyl adjacent to an activating group) is 1. The molecule has 2 aromatic carbocycles. The molecule has 0 radical (unpaired) electrons. The summed E-state index contributed by atoms with van der Waals surface area (Å²) in [6, 6.07) is 14.2. The molecule has 0 atom stereocenters. The lowest BCUT2D eigenvalue weighted by Gasteiger charge is -2.24. The Balaban J connectivity index is 1.47. The fourth-order valence-corrected chi connectivity index (χ4v) is 5.22. The molecule has 0 bridgehead atoms. The van der Waals surface area contributed by atoms with Crippen LogP contribution < -0.4 is 10.2 Å². The molecule has 0 unspecified atom stereocenters. The first-order chi connectivity index (χ1) is 18.4. The van der Waals surface area contributed by atoms with E-state index in [0.717, 1.165) is 102 Å². The maximum atomic E-state index is 6.24. The molecule has 0 spiro atoms. The Kier molecular flexibility index (Phi) is 8.12. The zero-order chi connectivity index (χ0) is 26.6. The molecule has 8 nitrogen and oxygen atoms in total. The minimum atomic E-state index is 0.611.